The summed E-state index contributed by atoms with van der Waals surface area (Å²) in [5.41, 5.74) is 1.18. The molecule has 1 aliphatic rings. The van der Waals surface area contributed by atoms with Crippen LogP contribution < -0.4 is 0 Å². The van der Waals surface area contributed by atoms with Crippen LogP contribution in [0.4, 0.5) is 8.78 Å². The van der Waals surface area contributed by atoms with Crippen LogP contribution in [0.5, 0.6) is 0 Å². The van der Waals surface area contributed by atoms with Crippen LogP contribution >= 0.6 is 0 Å². The molecule has 2 rings (SSSR count). The molecular formula is C21H27F2N. The Morgan fingerprint density at radius 1 is 1.08 bits per heavy atom. The first-order valence-corrected chi connectivity index (χ1v) is 9.19. The van der Waals surface area contributed by atoms with Gasteiger partial charge in [-0.25, -0.2) is 8.78 Å². The maximum absolute atomic E-state index is 13.8. The minimum absolute atomic E-state index is 0.134. The number of nitriles is 1. The summed E-state index contributed by atoms with van der Waals surface area (Å²) in [6.45, 7) is 0. The van der Waals surface area contributed by atoms with Crippen LogP contribution in [0.25, 0.3) is 0 Å². The molecule has 1 fully saturated rings. The van der Waals surface area contributed by atoms with Crippen LogP contribution in [0.15, 0.2) is 30.6 Å². The fourth-order valence-electron chi connectivity index (χ4n) is 3.77. The molecule has 0 atom stereocenters. The summed E-state index contributed by atoms with van der Waals surface area (Å²) in [7, 11) is 0. The Morgan fingerprint density at radius 3 is 2.50 bits per heavy atom. The molecule has 1 nitrogen and oxygen atoms in total. The zero-order valence-corrected chi connectivity index (χ0v) is 14.3. The molecule has 0 bridgehead atoms. The van der Waals surface area contributed by atoms with Crippen LogP contribution in [-0.4, -0.2) is 0 Å². The molecule has 0 saturated heterocycles. The second-order valence-corrected chi connectivity index (χ2v) is 6.92. The highest BCUT2D eigenvalue weighted by Crippen LogP contribution is 2.38. The molecule has 0 aliphatic heterocycles. The zero-order chi connectivity index (χ0) is 17.2. The van der Waals surface area contributed by atoms with E-state index in [2.05, 4.69) is 0 Å². The van der Waals surface area contributed by atoms with Crippen LogP contribution in [-0.2, 0) is 0 Å². The number of hydrogen-bond acceptors (Lipinski definition) is 1. The molecule has 1 saturated carbocycles. The lowest BCUT2D eigenvalue weighted by Gasteiger charge is -2.29. The van der Waals surface area contributed by atoms with Gasteiger partial charge in [-0.1, -0.05) is 37.8 Å². The zero-order valence-electron chi connectivity index (χ0n) is 14.3. The average Bonchev–Trinajstić information content (AvgIpc) is 2.61. The molecular weight excluding hydrogens is 304 g/mol. The number of unbranched alkanes of at least 4 members (excludes halogenated alkanes) is 4. The van der Waals surface area contributed by atoms with Gasteiger partial charge in [0.05, 0.1) is 11.9 Å². The predicted molar refractivity (Wildman–Crippen MR) is 93.8 cm³/mol. The van der Waals surface area contributed by atoms with Crippen molar-refractivity contribution in [2.75, 3.05) is 0 Å². The summed E-state index contributed by atoms with van der Waals surface area (Å²) in [4.78, 5) is 0. The van der Waals surface area contributed by atoms with E-state index in [1.165, 1.54) is 38.5 Å². The Kier molecular flexibility index (Phi) is 7.95. The van der Waals surface area contributed by atoms with Gasteiger partial charge in [-0.15, -0.1) is 0 Å². The van der Waals surface area contributed by atoms with Crippen molar-refractivity contribution >= 4 is 0 Å². The molecule has 0 N–H and O–H groups in total. The second kappa shape index (κ2) is 10.2. The molecule has 1 aliphatic carbocycles. The van der Waals surface area contributed by atoms with E-state index in [4.69, 9.17) is 5.26 Å². The van der Waals surface area contributed by atoms with Crippen molar-refractivity contribution in [3.05, 3.63) is 47.5 Å². The van der Waals surface area contributed by atoms with Crippen molar-refractivity contribution in [2.45, 2.75) is 70.1 Å². The molecule has 0 aromatic heterocycles. The summed E-state index contributed by atoms with van der Waals surface area (Å²) in [6.07, 6.45) is 13.8. The number of allylic oxidation sites excluding steroid dienone is 1. The minimum Gasteiger partial charge on any atom is -0.216 e. The van der Waals surface area contributed by atoms with E-state index < -0.39 is 0 Å². The van der Waals surface area contributed by atoms with E-state index in [9.17, 15) is 8.78 Å². The van der Waals surface area contributed by atoms with Gasteiger partial charge in [0.1, 0.15) is 11.9 Å². The van der Waals surface area contributed by atoms with Crippen molar-refractivity contribution < 1.29 is 8.78 Å². The fraction of sp³-hybridized carbons (Fsp3) is 0.571. The molecule has 0 amide bonds. The van der Waals surface area contributed by atoms with Gasteiger partial charge in [0.25, 0.3) is 0 Å². The topological polar surface area (TPSA) is 23.8 Å². The standard InChI is InChI=1S/C21H27F2N/c22-14-6-4-2-1-3-5-7-17-8-10-18(11-9-17)19-12-13-20(16-24)21(23)15-19/h6,12-15,17-18H,1-5,7-11H2/b14-6+/t17-,18-. The Balaban J connectivity index is 1.66. The third-order valence-corrected chi connectivity index (χ3v) is 5.25. The highest BCUT2D eigenvalue weighted by molar-refractivity contribution is 5.34. The lowest BCUT2D eigenvalue weighted by molar-refractivity contribution is 0.301. The smallest absolute Gasteiger partial charge is 0.141 e. The molecule has 1 aromatic rings. The average molecular weight is 331 g/mol. The summed E-state index contributed by atoms with van der Waals surface area (Å²) >= 11 is 0. The Hall–Kier alpha value is -1.69. The van der Waals surface area contributed by atoms with E-state index >= 15 is 0 Å². The van der Waals surface area contributed by atoms with E-state index in [-0.39, 0.29) is 11.4 Å². The molecule has 0 radical (unpaired) electrons. The van der Waals surface area contributed by atoms with Crippen molar-refractivity contribution in [2.24, 2.45) is 5.92 Å². The third-order valence-electron chi connectivity index (χ3n) is 5.25. The fourth-order valence-corrected chi connectivity index (χ4v) is 3.77. The van der Waals surface area contributed by atoms with Crippen LogP contribution in [0.3, 0.4) is 0 Å². The van der Waals surface area contributed by atoms with Crippen LogP contribution in [0, 0.1) is 23.1 Å². The summed E-state index contributed by atoms with van der Waals surface area (Å²) in [6, 6.07) is 6.95. The highest BCUT2D eigenvalue weighted by Gasteiger charge is 2.22. The van der Waals surface area contributed by atoms with Crippen molar-refractivity contribution in [1.29, 1.82) is 5.26 Å². The van der Waals surface area contributed by atoms with Gasteiger partial charge < -0.3 is 0 Å². The van der Waals surface area contributed by atoms with E-state index in [0.717, 1.165) is 37.2 Å². The molecule has 130 valence electrons. The number of hydrogen-bond donors (Lipinski definition) is 0. The summed E-state index contributed by atoms with van der Waals surface area (Å²) in [5.74, 6) is 0.853. The lowest BCUT2D eigenvalue weighted by Crippen LogP contribution is -2.13. The van der Waals surface area contributed by atoms with Crippen molar-refractivity contribution in [3.63, 3.8) is 0 Å². The first-order chi connectivity index (χ1) is 11.7. The normalized spacial score (nSPS) is 21.0. The number of rotatable bonds is 8. The minimum atomic E-state index is -0.389. The van der Waals surface area contributed by atoms with Gasteiger partial charge >= 0.3 is 0 Å². The molecule has 0 spiro atoms. The molecule has 3 heteroatoms. The molecule has 24 heavy (non-hydrogen) atoms. The van der Waals surface area contributed by atoms with Gasteiger partial charge in [-0.3, -0.25) is 0 Å². The number of halogens is 2. The summed E-state index contributed by atoms with van der Waals surface area (Å²) < 4.78 is 25.6. The predicted octanol–water partition coefficient (Wildman–Crippen LogP) is 6.79. The van der Waals surface area contributed by atoms with Crippen molar-refractivity contribution in [3.8, 4) is 6.07 Å². The molecule has 1 aromatic carbocycles. The maximum atomic E-state index is 13.8. The number of nitrogens with zero attached hydrogens (tertiary/aromatic N) is 1. The largest absolute Gasteiger partial charge is 0.216 e. The van der Waals surface area contributed by atoms with Crippen LogP contribution in [0.2, 0.25) is 0 Å². The van der Waals surface area contributed by atoms with E-state index in [1.54, 1.807) is 18.2 Å². The quantitative estimate of drug-likeness (QED) is 0.481. The van der Waals surface area contributed by atoms with E-state index in [1.807, 2.05) is 12.1 Å². The molecule has 0 heterocycles. The third kappa shape index (κ3) is 5.74. The Morgan fingerprint density at radius 2 is 1.83 bits per heavy atom. The van der Waals surface area contributed by atoms with E-state index in [0.29, 0.717) is 12.2 Å². The first kappa shape index (κ1) is 18.6. The maximum Gasteiger partial charge on any atom is 0.141 e. The lowest BCUT2D eigenvalue weighted by atomic mass is 9.77. The first-order valence-electron chi connectivity index (χ1n) is 9.19. The Labute approximate surface area is 144 Å². The van der Waals surface area contributed by atoms with Crippen molar-refractivity contribution in [1.82, 2.24) is 0 Å². The highest BCUT2D eigenvalue weighted by atomic mass is 19.1. The summed E-state index contributed by atoms with van der Waals surface area (Å²) in [5, 5.41) is 8.81. The molecule has 0 unspecified atom stereocenters. The van der Waals surface area contributed by atoms with Crippen LogP contribution in [0.1, 0.15) is 81.3 Å². The van der Waals surface area contributed by atoms with Gasteiger partial charge in [-0.2, -0.15) is 5.26 Å². The van der Waals surface area contributed by atoms with Gasteiger partial charge in [0.2, 0.25) is 0 Å². The SMILES string of the molecule is N#Cc1ccc([C@H]2CC[C@H](CCCCCC/C=C/F)CC2)cc1F. The van der Waals surface area contributed by atoms with Gasteiger partial charge in [-0.05, 0) is 68.1 Å². The second-order valence-electron chi connectivity index (χ2n) is 6.92. The number of benzene rings is 1. The monoisotopic (exact) mass is 331 g/mol. The Bertz CT molecular complexity index is 566. The van der Waals surface area contributed by atoms with Gasteiger partial charge in [0.15, 0.2) is 0 Å². The van der Waals surface area contributed by atoms with Gasteiger partial charge in [0, 0.05) is 0 Å².